The molecule has 1 N–H and O–H groups in total. The van der Waals surface area contributed by atoms with Crippen LogP contribution < -0.4 is 10.2 Å². The van der Waals surface area contributed by atoms with Gasteiger partial charge in [-0.2, -0.15) is 0 Å². The van der Waals surface area contributed by atoms with Crippen molar-refractivity contribution in [2.45, 2.75) is 13.3 Å². The molecule has 1 atom stereocenters. The van der Waals surface area contributed by atoms with Crippen LogP contribution in [0.15, 0.2) is 18.2 Å². The average molecular weight is 287 g/mol. The highest BCUT2D eigenvalue weighted by molar-refractivity contribution is 6.37. The Morgan fingerprint density at radius 2 is 2.06 bits per heavy atom. The van der Waals surface area contributed by atoms with Gasteiger partial charge in [0, 0.05) is 17.5 Å². The maximum Gasteiger partial charge on any atom is 0.328 e. The predicted molar refractivity (Wildman–Crippen MR) is 71.1 cm³/mol. The molecule has 1 fully saturated rings. The van der Waals surface area contributed by atoms with Gasteiger partial charge in [-0.15, -0.1) is 0 Å². The molecule has 0 spiro atoms. The summed E-state index contributed by atoms with van der Waals surface area (Å²) in [6.07, 6.45) is 0.610. The van der Waals surface area contributed by atoms with Crippen LogP contribution in [0.5, 0.6) is 0 Å². The lowest BCUT2D eigenvalue weighted by Crippen LogP contribution is -2.43. The first-order valence-electron chi connectivity index (χ1n) is 5.57. The van der Waals surface area contributed by atoms with Crippen molar-refractivity contribution in [2.24, 2.45) is 5.92 Å². The minimum Gasteiger partial charge on any atom is -0.337 e. The van der Waals surface area contributed by atoms with Gasteiger partial charge in [-0.1, -0.05) is 30.1 Å². The minimum absolute atomic E-state index is 0.237. The Morgan fingerprint density at radius 1 is 1.33 bits per heavy atom. The summed E-state index contributed by atoms with van der Waals surface area (Å²) >= 11 is 11.9. The molecule has 6 heteroatoms. The summed E-state index contributed by atoms with van der Waals surface area (Å²) in [5.74, 6) is -0.506. The van der Waals surface area contributed by atoms with Gasteiger partial charge >= 0.3 is 6.03 Å². The quantitative estimate of drug-likeness (QED) is 0.863. The van der Waals surface area contributed by atoms with E-state index in [1.54, 1.807) is 19.1 Å². The lowest BCUT2D eigenvalue weighted by atomic mass is 10.1. The van der Waals surface area contributed by atoms with Crippen molar-refractivity contribution >= 4 is 40.8 Å². The molecule has 1 aliphatic rings. The number of urea groups is 1. The van der Waals surface area contributed by atoms with Gasteiger partial charge in [0.05, 0.1) is 10.7 Å². The highest BCUT2D eigenvalue weighted by atomic mass is 35.5. The van der Waals surface area contributed by atoms with E-state index in [0.29, 0.717) is 28.7 Å². The number of anilines is 1. The predicted octanol–water partition coefficient (Wildman–Crippen LogP) is 3.08. The number of hydrogen-bond acceptors (Lipinski definition) is 2. The SMILES string of the molecule is CC1CCNC(=O)N(c2cc(Cl)ccc2Cl)C1=O. The van der Waals surface area contributed by atoms with Gasteiger partial charge < -0.3 is 5.32 Å². The van der Waals surface area contributed by atoms with Crippen LogP contribution in [-0.2, 0) is 4.79 Å². The number of imide groups is 1. The second kappa shape index (κ2) is 5.16. The molecule has 1 heterocycles. The number of rotatable bonds is 1. The fraction of sp³-hybridized carbons (Fsp3) is 0.333. The molecule has 0 aliphatic carbocycles. The van der Waals surface area contributed by atoms with E-state index in [4.69, 9.17) is 23.2 Å². The highest BCUT2D eigenvalue weighted by Gasteiger charge is 2.31. The Bertz CT molecular complexity index is 505. The van der Waals surface area contributed by atoms with E-state index in [0.717, 1.165) is 4.90 Å². The van der Waals surface area contributed by atoms with Crippen molar-refractivity contribution in [3.8, 4) is 0 Å². The van der Waals surface area contributed by atoms with Crippen LogP contribution in [0.25, 0.3) is 0 Å². The fourth-order valence-electron chi connectivity index (χ4n) is 1.80. The van der Waals surface area contributed by atoms with Gasteiger partial charge in [0.25, 0.3) is 0 Å². The fourth-order valence-corrected chi connectivity index (χ4v) is 2.17. The zero-order valence-electron chi connectivity index (χ0n) is 9.74. The van der Waals surface area contributed by atoms with Crippen LogP contribution in [-0.4, -0.2) is 18.5 Å². The third-order valence-electron chi connectivity index (χ3n) is 2.85. The summed E-state index contributed by atoms with van der Waals surface area (Å²) in [6, 6.07) is 4.22. The van der Waals surface area contributed by atoms with Crippen molar-refractivity contribution in [2.75, 3.05) is 11.4 Å². The summed E-state index contributed by atoms with van der Waals surface area (Å²) in [5.41, 5.74) is 0.320. The molecule has 0 aromatic heterocycles. The summed E-state index contributed by atoms with van der Waals surface area (Å²) in [5, 5.41) is 3.40. The Labute approximate surface area is 115 Å². The van der Waals surface area contributed by atoms with Crippen LogP contribution in [0.2, 0.25) is 10.0 Å². The van der Waals surface area contributed by atoms with E-state index in [-0.39, 0.29) is 11.8 Å². The van der Waals surface area contributed by atoms with Crippen molar-refractivity contribution < 1.29 is 9.59 Å². The first kappa shape index (κ1) is 13.2. The monoisotopic (exact) mass is 286 g/mol. The van der Waals surface area contributed by atoms with Crippen LogP contribution in [0.3, 0.4) is 0 Å². The van der Waals surface area contributed by atoms with Gasteiger partial charge in [0.2, 0.25) is 5.91 Å². The van der Waals surface area contributed by atoms with Gasteiger partial charge in [0.15, 0.2) is 0 Å². The number of carbonyl (C=O) groups is 2. The lowest BCUT2D eigenvalue weighted by Gasteiger charge is -2.21. The Hall–Kier alpha value is -1.26. The van der Waals surface area contributed by atoms with Crippen LogP contribution in [0, 0.1) is 5.92 Å². The topological polar surface area (TPSA) is 49.4 Å². The summed E-state index contributed by atoms with van der Waals surface area (Å²) in [7, 11) is 0. The smallest absolute Gasteiger partial charge is 0.328 e. The molecule has 18 heavy (non-hydrogen) atoms. The molecular weight excluding hydrogens is 275 g/mol. The molecule has 2 rings (SSSR count). The number of nitrogens with zero attached hydrogens (tertiary/aromatic N) is 1. The van der Waals surface area contributed by atoms with Crippen molar-refractivity contribution in [3.05, 3.63) is 28.2 Å². The number of carbonyl (C=O) groups excluding carboxylic acids is 2. The average Bonchev–Trinajstić information content (AvgIpc) is 2.44. The van der Waals surface area contributed by atoms with Crippen LogP contribution in [0.4, 0.5) is 10.5 Å². The van der Waals surface area contributed by atoms with E-state index in [2.05, 4.69) is 5.32 Å². The lowest BCUT2D eigenvalue weighted by molar-refractivity contribution is -0.121. The van der Waals surface area contributed by atoms with Gasteiger partial charge in [-0.25, -0.2) is 9.69 Å². The highest BCUT2D eigenvalue weighted by Crippen LogP contribution is 2.31. The normalized spacial score (nSPS) is 20.6. The van der Waals surface area contributed by atoms with Crippen LogP contribution >= 0.6 is 23.2 Å². The van der Waals surface area contributed by atoms with Crippen molar-refractivity contribution in [3.63, 3.8) is 0 Å². The second-order valence-electron chi connectivity index (χ2n) is 4.19. The molecule has 3 amide bonds. The molecule has 0 bridgehead atoms. The summed E-state index contributed by atoms with van der Waals surface area (Å²) < 4.78 is 0. The first-order valence-corrected chi connectivity index (χ1v) is 6.33. The molecule has 1 aromatic rings. The second-order valence-corrected chi connectivity index (χ2v) is 5.03. The third-order valence-corrected chi connectivity index (χ3v) is 3.40. The molecule has 1 unspecified atom stereocenters. The number of nitrogens with one attached hydrogen (secondary N) is 1. The number of halogens is 2. The minimum atomic E-state index is -0.464. The largest absolute Gasteiger partial charge is 0.337 e. The third kappa shape index (κ3) is 2.44. The Balaban J connectivity index is 2.48. The maximum atomic E-state index is 12.2. The zero-order valence-corrected chi connectivity index (χ0v) is 11.3. The van der Waals surface area contributed by atoms with E-state index >= 15 is 0 Å². The number of hydrogen-bond donors (Lipinski definition) is 1. The number of benzene rings is 1. The maximum absolute atomic E-state index is 12.2. The molecule has 1 saturated heterocycles. The zero-order chi connectivity index (χ0) is 13.3. The van der Waals surface area contributed by atoms with E-state index in [9.17, 15) is 9.59 Å². The van der Waals surface area contributed by atoms with E-state index < -0.39 is 6.03 Å². The Morgan fingerprint density at radius 3 is 2.78 bits per heavy atom. The van der Waals surface area contributed by atoms with Crippen molar-refractivity contribution in [1.82, 2.24) is 5.32 Å². The van der Waals surface area contributed by atoms with Gasteiger partial charge in [-0.05, 0) is 24.6 Å². The molecule has 4 nitrogen and oxygen atoms in total. The summed E-state index contributed by atoms with van der Waals surface area (Å²) in [6.45, 7) is 2.26. The molecule has 1 aromatic carbocycles. The standard InChI is InChI=1S/C12H12Cl2N2O2/c1-7-4-5-15-12(18)16(11(7)17)10-6-8(13)2-3-9(10)14/h2-3,6-7H,4-5H2,1H3,(H,15,18). The van der Waals surface area contributed by atoms with E-state index in [1.165, 1.54) is 6.07 Å². The first-order chi connectivity index (χ1) is 8.50. The van der Waals surface area contributed by atoms with Gasteiger partial charge in [0.1, 0.15) is 0 Å². The van der Waals surface area contributed by atoms with Crippen molar-refractivity contribution in [1.29, 1.82) is 0 Å². The molecule has 96 valence electrons. The van der Waals surface area contributed by atoms with Crippen LogP contribution in [0.1, 0.15) is 13.3 Å². The molecule has 1 aliphatic heterocycles. The Kier molecular flexibility index (Phi) is 3.78. The van der Waals surface area contributed by atoms with E-state index in [1.807, 2.05) is 0 Å². The molecular formula is C12H12Cl2N2O2. The molecule has 0 saturated carbocycles. The number of amides is 3. The van der Waals surface area contributed by atoms with Gasteiger partial charge in [-0.3, -0.25) is 4.79 Å². The summed E-state index contributed by atoms with van der Waals surface area (Å²) in [4.78, 5) is 25.2. The molecule has 0 radical (unpaired) electrons.